The molecule has 0 aliphatic carbocycles. The van der Waals surface area contributed by atoms with Crippen molar-refractivity contribution in [3.63, 3.8) is 0 Å². The largest absolute Gasteiger partial charge is 0.310 e. The van der Waals surface area contributed by atoms with E-state index >= 15 is 0 Å². The molecule has 4 rings (SSSR count). The summed E-state index contributed by atoms with van der Waals surface area (Å²) in [7, 11) is -3.63. The van der Waals surface area contributed by atoms with E-state index in [-0.39, 0.29) is 34.8 Å². The number of halogens is 2. The zero-order chi connectivity index (χ0) is 23.8. The summed E-state index contributed by atoms with van der Waals surface area (Å²) in [5.74, 6) is -2.27. The molecule has 33 heavy (non-hydrogen) atoms. The number of rotatable bonds is 5. The molecule has 10 heteroatoms. The van der Waals surface area contributed by atoms with Gasteiger partial charge < -0.3 is 4.57 Å². The molecule has 0 spiro atoms. The van der Waals surface area contributed by atoms with E-state index in [0.29, 0.717) is 17.5 Å². The molecule has 0 N–H and O–H groups in total. The summed E-state index contributed by atoms with van der Waals surface area (Å²) >= 11 is 1.03. The van der Waals surface area contributed by atoms with Crippen molar-refractivity contribution in [3.8, 4) is 0 Å². The lowest BCUT2D eigenvalue weighted by Crippen LogP contribution is -2.40. The van der Waals surface area contributed by atoms with Gasteiger partial charge in [-0.05, 0) is 38.0 Å². The topological polar surface area (TPSA) is 71.7 Å². The van der Waals surface area contributed by atoms with Crippen LogP contribution in [0.1, 0.15) is 18.4 Å². The molecule has 2 aromatic carbocycles. The first-order valence-corrected chi connectivity index (χ1v) is 12.7. The molecule has 3 aromatic rings. The number of aromatic nitrogens is 1. The Kier molecular flexibility index (Phi) is 6.60. The van der Waals surface area contributed by atoms with Gasteiger partial charge in [0.25, 0.3) is 5.91 Å². The number of fused-ring (bicyclic) bond motifs is 1. The number of amides is 1. The number of hydrogen-bond acceptors (Lipinski definition) is 4. The molecule has 0 radical (unpaired) electrons. The number of piperidine rings is 1. The minimum Gasteiger partial charge on any atom is -0.310 e. The van der Waals surface area contributed by atoms with Crippen LogP contribution < -0.4 is 4.80 Å². The number of carbonyl (C=O) groups excluding carboxylic acids is 1. The highest BCUT2D eigenvalue weighted by Gasteiger charge is 2.32. The fraction of sp³-hybridized carbons (Fsp3) is 0.304. The second kappa shape index (κ2) is 9.28. The van der Waals surface area contributed by atoms with Gasteiger partial charge in [0.15, 0.2) is 10.6 Å². The molecule has 174 valence electrons. The van der Waals surface area contributed by atoms with Crippen LogP contribution in [0.5, 0.6) is 0 Å². The lowest BCUT2D eigenvalue weighted by Gasteiger charge is -2.29. The van der Waals surface area contributed by atoms with Gasteiger partial charge in [0.05, 0.1) is 15.1 Å². The van der Waals surface area contributed by atoms with E-state index in [4.69, 9.17) is 0 Å². The maximum Gasteiger partial charge on any atom is 0.251 e. The van der Waals surface area contributed by atoms with Gasteiger partial charge in [0.1, 0.15) is 5.82 Å². The van der Waals surface area contributed by atoms with Crippen molar-refractivity contribution in [1.82, 2.24) is 8.87 Å². The summed E-state index contributed by atoms with van der Waals surface area (Å²) in [6.07, 6.45) is 2.22. The molecular weight excluding hydrogens is 468 g/mol. The lowest BCUT2D eigenvalue weighted by atomic mass is 9.98. The van der Waals surface area contributed by atoms with Crippen molar-refractivity contribution in [3.05, 3.63) is 71.1 Å². The standard InChI is InChI=1S/C23H23F2N3O3S2/c1-3-10-28-21-19(25)13-17(24)14-20(21)32-23(28)26-22(29)16-8-11-27(12-9-16)33(30,31)18-6-4-15(2)5-7-18/h3-7,13-14,16H,1,8-12H2,2H3. The Labute approximate surface area is 194 Å². The van der Waals surface area contributed by atoms with E-state index in [0.717, 1.165) is 23.0 Å². The zero-order valence-electron chi connectivity index (χ0n) is 18.0. The average molecular weight is 492 g/mol. The van der Waals surface area contributed by atoms with E-state index in [1.807, 2.05) is 6.92 Å². The van der Waals surface area contributed by atoms with Gasteiger partial charge in [-0.25, -0.2) is 17.2 Å². The van der Waals surface area contributed by atoms with Crippen LogP contribution in [0.3, 0.4) is 0 Å². The molecule has 1 fully saturated rings. The molecule has 1 saturated heterocycles. The van der Waals surface area contributed by atoms with E-state index in [1.165, 1.54) is 14.9 Å². The molecule has 0 atom stereocenters. The fourth-order valence-corrected chi connectivity index (χ4v) is 6.45. The van der Waals surface area contributed by atoms with Gasteiger partial charge in [-0.15, -0.1) is 6.58 Å². The summed E-state index contributed by atoms with van der Waals surface area (Å²) in [4.78, 5) is 17.6. The fourth-order valence-electron chi connectivity index (χ4n) is 3.90. The Hall–Kier alpha value is -2.69. The first-order valence-electron chi connectivity index (χ1n) is 10.5. The second-order valence-electron chi connectivity index (χ2n) is 7.96. The smallest absolute Gasteiger partial charge is 0.251 e. The Morgan fingerprint density at radius 1 is 1.21 bits per heavy atom. The second-order valence-corrected chi connectivity index (χ2v) is 10.9. The van der Waals surface area contributed by atoms with Gasteiger partial charge >= 0.3 is 0 Å². The predicted molar refractivity (Wildman–Crippen MR) is 123 cm³/mol. The number of carbonyl (C=O) groups is 1. The third kappa shape index (κ3) is 4.68. The molecule has 2 heterocycles. The van der Waals surface area contributed by atoms with E-state index in [1.54, 1.807) is 30.3 Å². The highest BCUT2D eigenvalue weighted by Crippen LogP contribution is 2.26. The molecule has 1 amide bonds. The van der Waals surface area contributed by atoms with Crippen LogP contribution in [0, 0.1) is 24.5 Å². The van der Waals surface area contributed by atoms with Crippen LogP contribution in [-0.2, 0) is 21.4 Å². The van der Waals surface area contributed by atoms with Crippen molar-refractivity contribution in [2.45, 2.75) is 31.2 Å². The van der Waals surface area contributed by atoms with Crippen LogP contribution in [0.4, 0.5) is 8.78 Å². The normalized spacial score (nSPS) is 16.4. The predicted octanol–water partition coefficient (Wildman–Crippen LogP) is 4.00. The third-order valence-corrected chi connectivity index (χ3v) is 8.61. The van der Waals surface area contributed by atoms with Crippen LogP contribution in [0.15, 0.2) is 58.9 Å². The van der Waals surface area contributed by atoms with Crippen molar-refractivity contribution < 1.29 is 22.0 Å². The minimum atomic E-state index is -3.63. The first-order chi connectivity index (χ1) is 15.7. The summed E-state index contributed by atoms with van der Waals surface area (Å²) in [6.45, 7) is 6.17. The highest BCUT2D eigenvalue weighted by atomic mass is 32.2. The maximum absolute atomic E-state index is 14.4. The number of hydrogen-bond donors (Lipinski definition) is 0. The van der Waals surface area contributed by atoms with E-state index < -0.39 is 33.5 Å². The molecule has 1 aliphatic heterocycles. The first kappa shape index (κ1) is 23.5. The van der Waals surface area contributed by atoms with Crippen molar-refractivity contribution >= 4 is 37.5 Å². The SMILES string of the molecule is C=CCn1c(=NC(=O)C2CCN(S(=O)(=O)c3ccc(C)cc3)CC2)sc2cc(F)cc(F)c21. The van der Waals surface area contributed by atoms with Crippen molar-refractivity contribution in [1.29, 1.82) is 0 Å². The maximum atomic E-state index is 14.4. The van der Waals surface area contributed by atoms with Gasteiger partial charge in [0.2, 0.25) is 10.0 Å². The quantitative estimate of drug-likeness (QED) is 0.507. The van der Waals surface area contributed by atoms with Crippen LogP contribution in [-0.4, -0.2) is 36.3 Å². The Morgan fingerprint density at radius 2 is 1.88 bits per heavy atom. The van der Waals surface area contributed by atoms with Crippen molar-refractivity contribution in [2.24, 2.45) is 10.9 Å². The molecule has 1 aromatic heterocycles. The third-order valence-electron chi connectivity index (χ3n) is 5.67. The Balaban J connectivity index is 1.55. The van der Waals surface area contributed by atoms with E-state index in [2.05, 4.69) is 11.6 Å². The summed E-state index contributed by atoms with van der Waals surface area (Å²) in [6, 6.07) is 8.67. The van der Waals surface area contributed by atoms with Gasteiger partial charge in [-0.3, -0.25) is 4.79 Å². The highest BCUT2D eigenvalue weighted by molar-refractivity contribution is 7.89. The number of nitrogens with zero attached hydrogens (tertiary/aromatic N) is 3. The summed E-state index contributed by atoms with van der Waals surface area (Å²) < 4.78 is 57.0. The molecule has 0 saturated carbocycles. The van der Waals surface area contributed by atoms with Crippen molar-refractivity contribution in [2.75, 3.05) is 13.1 Å². The Bertz CT molecular complexity index is 1380. The summed E-state index contributed by atoms with van der Waals surface area (Å²) in [5.41, 5.74) is 1.14. The van der Waals surface area contributed by atoms with Gasteiger partial charge in [0, 0.05) is 31.6 Å². The zero-order valence-corrected chi connectivity index (χ0v) is 19.6. The van der Waals surface area contributed by atoms with Crippen LogP contribution in [0.2, 0.25) is 0 Å². The number of benzene rings is 2. The van der Waals surface area contributed by atoms with E-state index in [9.17, 15) is 22.0 Å². The number of aryl methyl sites for hydroxylation is 1. The molecule has 1 aliphatic rings. The minimum absolute atomic E-state index is 0.173. The monoisotopic (exact) mass is 491 g/mol. The van der Waals surface area contributed by atoms with Crippen LogP contribution >= 0.6 is 11.3 Å². The molecule has 0 unspecified atom stereocenters. The summed E-state index contributed by atoms with van der Waals surface area (Å²) in [5, 5.41) is 0. The van der Waals surface area contributed by atoms with Gasteiger partial charge in [-0.2, -0.15) is 9.30 Å². The average Bonchev–Trinajstić information content (AvgIpc) is 3.11. The Morgan fingerprint density at radius 3 is 2.52 bits per heavy atom. The molecule has 6 nitrogen and oxygen atoms in total. The number of thiazole rings is 1. The van der Waals surface area contributed by atoms with Crippen LogP contribution in [0.25, 0.3) is 10.2 Å². The number of allylic oxidation sites excluding steroid dienone is 1. The number of sulfonamides is 1. The lowest BCUT2D eigenvalue weighted by molar-refractivity contribution is -0.122. The molecule has 0 bridgehead atoms. The van der Waals surface area contributed by atoms with Gasteiger partial charge in [-0.1, -0.05) is 35.1 Å². The molecular formula is C23H23F2N3O3S2.